The molecule has 0 fully saturated rings. The Bertz CT molecular complexity index is 181. The van der Waals surface area contributed by atoms with Gasteiger partial charge in [-0.2, -0.15) is 0 Å². The second kappa shape index (κ2) is 13.5. The fraction of sp³-hybridized carbons (Fsp3) is 0.778. The Morgan fingerprint density at radius 3 is 1.69 bits per heavy atom. The van der Waals surface area contributed by atoms with Gasteiger partial charge in [0.1, 0.15) is 0 Å². The molecule has 0 radical (unpaired) electrons. The predicted molar refractivity (Wildman–Crippen MR) is 54.0 cm³/mol. The number of carbonyl (C=O) groups excluding carboxylic acids is 2. The van der Waals surface area contributed by atoms with Gasteiger partial charge in [0, 0.05) is 7.11 Å². The maximum atomic E-state index is 10.3. The zero-order valence-electron chi connectivity index (χ0n) is 9.98. The Labute approximate surface area is 94.6 Å². The summed E-state index contributed by atoms with van der Waals surface area (Å²) in [6.07, 6.45) is -1.32. The van der Waals surface area contributed by atoms with Crippen molar-refractivity contribution in [3.8, 4) is 0 Å². The van der Waals surface area contributed by atoms with E-state index in [1.54, 1.807) is 13.8 Å². The zero-order chi connectivity index (χ0) is 12.8. The molecule has 0 amide bonds. The molecular weight excluding hydrogens is 220 g/mol. The minimum absolute atomic E-state index is 0.0567. The lowest BCUT2D eigenvalue weighted by molar-refractivity contribution is -0.0246. The number of rotatable bonds is 4. The number of carbonyl (C=O) groups is 2. The molecule has 0 atom stereocenters. The molecule has 7 nitrogen and oxygen atoms in total. The van der Waals surface area contributed by atoms with E-state index in [-0.39, 0.29) is 6.79 Å². The van der Waals surface area contributed by atoms with Gasteiger partial charge in [0.15, 0.2) is 6.79 Å². The lowest BCUT2D eigenvalue weighted by Gasteiger charge is -2.00. The first-order valence-electron chi connectivity index (χ1n) is 4.61. The molecule has 0 heterocycles. The third-order valence-electron chi connectivity index (χ3n) is 0.986. The highest BCUT2D eigenvalue weighted by Gasteiger charge is 1.98. The predicted octanol–water partition coefficient (Wildman–Crippen LogP) is 1.55. The molecule has 0 spiro atoms. The van der Waals surface area contributed by atoms with E-state index in [1.165, 1.54) is 14.2 Å². The smallest absolute Gasteiger partial charge is 0.438 e. The van der Waals surface area contributed by atoms with Gasteiger partial charge in [-0.05, 0) is 13.8 Å². The standard InChI is InChI=1S/C5H10O4.C4H8O3/c1-3-8-5(6)9-4-7-2;1-3-7-4(5)6-2/h3-4H2,1-2H3;3H2,1-2H3. The van der Waals surface area contributed by atoms with Crippen molar-refractivity contribution in [1.29, 1.82) is 0 Å². The molecule has 0 saturated heterocycles. The van der Waals surface area contributed by atoms with Gasteiger partial charge in [-0.25, -0.2) is 9.59 Å². The molecule has 96 valence electrons. The van der Waals surface area contributed by atoms with Gasteiger partial charge < -0.3 is 23.7 Å². The minimum Gasteiger partial charge on any atom is -0.438 e. The SMILES string of the molecule is CCOC(=O)OC.CCOC(=O)OCOC. The van der Waals surface area contributed by atoms with Crippen molar-refractivity contribution < 1.29 is 33.3 Å². The Balaban J connectivity index is 0. The molecule has 0 aromatic rings. The van der Waals surface area contributed by atoms with Crippen molar-refractivity contribution in [2.45, 2.75) is 13.8 Å². The fourth-order valence-electron chi connectivity index (χ4n) is 0.443. The molecule has 0 unspecified atom stereocenters. The lowest BCUT2D eigenvalue weighted by atomic mass is 10.9. The number of hydrogen-bond donors (Lipinski definition) is 0. The van der Waals surface area contributed by atoms with Crippen molar-refractivity contribution in [3.63, 3.8) is 0 Å². The number of hydrogen-bond acceptors (Lipinski definition) is 7. The molecule has 7 heteroatoms. The van der Waals surface area contributed by atoms with Gasteiger partial charge in [-0.15, -0.1) is 0 Å². The fourth-order valence-corrected chi connectivity index (χ4v) is 0.443. The molecule has 0 aromatic carbocycles. The normalized spacial score (nSPS) is 8.25. The van der Waals surface area contributed by atoms with Crippen LogP contribution in [0.15, 0.2) is 0 Å². The van der Waals surface area contributed by atoms with E-state index >= 15 is 0 Å². The van der Waals surface area contributed by atoms with Gasteiger partial charge in [0.2, 0.25) is 0 Å². The summed E-state index contributed by atoms with van der Waals surface area (Å²) in [5, 5.41) is 0. The quantitative estimate of drug-likeness (QED) is 0.543. The van der Waals surface area contributed by atoms with E-state index in [2.05, 4.69) is 23.7 Å². The van der Waals surface area contributed by atoms with E-state index in [0.29, 0.717) is 13.2 Å². The van der Waals surface area contributed by atoms with Crippen LogP contribution < -0.4 is 0 Å². The average Bonchev–Trinajstić information content (AvgIpc) is 2.28. The van der Waals surface area contributed by atoms with Crippen LogP contribution in [-0.4, -0.2) is 46.5 Å². The van der Waals surface area contributed by atoms with Crippen LogP contribution >= 0.6 is 0 Å². The second-order valence-corrected chi connectivity index (χ2v) is 2.12. The maximum absolute atomic E-state index is 10.3. The van der Waals surface area contributed by atoms with Gasteiger partial charge in [0.25, 0.3) is 0 Å². The highest BCUT2D eigenvalue weighted by atomic mass is 16.8. The van der Waals surface area contributed by atoms with Crippen molar-refractivity contribution >= 4 is 12.3 Å². The Kier molecular flexibility index (Phi) is 14.3. The molecule has 0 rings (SSSR count). The molecule has 0 aliphatic carbocycles. The van der Waals surface area contributed by atoms with Crippen LogP contribution in [0.3, 0.4) is 0 Å². The highest BCUT2D eigenvalue weighted by molar-refractivity contribution is 5.59. The van der Waals surface area contributed by atoms with E-state index in [1.807, 2.05) is 0 Å². The minimum atomic E-state index is -0.695. The van der Waals surface area contributed by atoms with Crippen molar-refractivity contribution in [1.82, 2.24) is 0 Å². The largest absolute Gasteiger partial charge is 0.510 e. The number of methoxy groups -OCH3 is 2. The molecule has 0 aliphatic heterocycles. The van der Waals surface area contributed by atoms with Crippen LogP contribution in [0.5, 0.6) is 0 Å². The first-order chi connectivity index (χ1) is 7.62. The third-order valence-corrected chi connectivity index (χ3v) is 0.986. The first kappa shape index (κ1) is 16.9. The molecule has 0 saturated carbocycles. The summed E-state index contributed by atoms with van der Waals surface area (Å²) in [6, 6.07) is 0. The summed E-state index contributed by atoms with van der Waals surface area (Å²) in [5.74, 6) is 0. The lowest BCUT2D eigenvalue weighted by Crippen LogP contribution is -2.08. The first-order valence-corrected chi connectivity index (χ1v) is 4.61. The molecule has 0 aliphatic rings. The van der Waals surface area contributed by atoms with Crippen LogP contribution in [0.1, 0.15) is 13.8 Å². The molecule has 0 bridgehead atoms. The summed E-state index contributed by atoms with van der Waals surface area (Å²) in [5.41, 5.74) is 0. The maximum Gasteiger partial charge on any atom is 0.510 e. The monoisotopic (exact) mass is 238 g/mol. The highest BCUT2D eigenvalue weighted by Crippen LogP contribution is 1.83. The van der Waals surface area contributed by atoms with Crippen LogP contribution in [0.4, 0.5) is 9.59 Å². The summed E-state index contributed by atoms with van der Waals surface area (Å²) < 4.78 is 21.6. The molecule has 0 aromatic heterocycles. The van der Waals surface area contributed by atoms with E-state index in [0.717, 1.165) is 0 Å². The van der Waals surface area contributed by atoms with Gasteiger partial charge >= 0.3 is 12.3 Å². The zero-order valence-corrected chi connectivity index (χ0v) is 9.98. The van der Waals surface area contributed by atoms with E-state index in [4.69, 9.17) is 0 Å². The van der Waals surface area contributed by atoms with Gasteiger partial charge in [-0.1, -0.05) is 0 Å². The third kappa shape index (κ3) is 15.0. The Hall–Kier alpha value is -1.50. The van der Waals surface area contributed by atoms with E-state index < -0.39 is 12.3 Å². The molecular formula is C9H18O7. The van der Waals surface area contributed by atoms with Crippen molar-refractivity contribution in [2.24, 2.45) is 0 Å². The average molecular weight is 238 g/mol. The van der Waals surface area contributed by atoms with Gasteiger partial charge in [-0.3, -0.25) is 0 Å². The second-order valence-electron chi connectivity index (χ2n) is 2.12. The Morgan fingerprint density at radius 2 is 1.38 bits per heavy atom. The van der Waals surface area contributed by atoms with Crippen LogP contribution in [0.25, 0.3) is 0 Å². The van der Waals surface area contributed by atoms with E-state index in [9.17, 15) is 9.59 Å². The van der Waals surface area contributed by atoms with Crippen LogP contribution in [0.2, 0.25) is 0 Å². The Morgan fingerprint density at radius 1 is 0.875 bits per heavy atom. The summed E-state index contributed by atoms with van der Waals surface area (Å²) in [6.45, 7) is 4.05. The molecule has 16 heavy (non-hydrogen) atoms. The van der Waals surface area contributed by atoms with Gasteiger partial charge in [0.05, 0.1) is 20.3 Å². The number of ether oxygens (including phenoxy) is 5. The summed E-state index contributed by atoms with van der Waals surface area (Å²) >= 11 is 0. The van der Waals surface area contributed by atoms with Crippen molar-refractivity contribution in [2.75, 3.05) is 34.2 Å². The summed E-state index contributed by atoms with van der Waals surface area (Å²) in [4.78, 5) is 20.2. The van der Waals surface area contributed by atoms with Crippen molar-refractivity contribution in [3.05, 3.63) is 0 Å². The summed E-state index contributed by atoms with van der Waals surface area (Å²) in [7, 11) is 2.71. The topological polar surface area (TPSA) is 80.3 Å². The van der Waals surface area contributed by atoms with Crippen LogP contribution in [0, 0.1) is 0 Å². The van der Waals surface area contributed by atoms with Crippen LogP contribution in [-0.2, 0) is 23.7 Å². The molecule has 0 N–H and O–H groups in total.